The van der Waals surface area contributed by atoms with Crippen LogP contribution in [0.3, 0.4) is 0 Å². The van der Waals surface area contributed by atoms with Crippen LogP contribution in [0.1, 0.15) is 26.3 Å². The van der Waals surface area contributed by atoms with Gasteiger partial charge in [0.25, 0.3) is 0 Å². The highest BCUT2D eigenvalue weighted by atomic mass is 19.1. The van der Waals surface area contributed by atoms with Crippen molar-refractivity contribution in [3.8, 4) is 0 Å². The summed E-state index contributed by atoms with van der Waals surface area (Å²) in [5, 5.41) is 0. The molecular weight excluding hydrogens is 215 g/mol. The van der Waals surface area contributed by atoms with Gasteiger partial charge < -0.3 is 10.6 Å². The second-order valence-electron chi connectivity index (χ2n) is 5.73. The van der Waals surface area contributed by atoms with Gasteiger partial charge in [-0.3, -0.25) is 0 Å². The summed E-state index contributed by atoms with van der Waals surface area (Å²) in [4.78, 5) is 2.17. The van der Waals surface area contributed by atoms with E-state index in [-0.39, 0.29) is 11.2 Å². The molecule has 1 rings (SSSR count). The molecule has 0 aliphatic carbocycles. The molecule has 2 N–H and O–H groups in total. The first-order chi connectivity index (χ1) is 7.83. The van der Waals surface area contributed by atoms with E-state index in [1.807, 2.05) is 13.1 Å². The highest BCUT2D eigenvalue weighted by molar-refractivity contribution is 5.53. The lowest BCUT2D eigenvalue weighted by atomic mass is 9.95. The molecule has 96 valence electrons. The maximum atomic E-state index is 13.2. The molecule has 1 aromatic carbocycles. The van der Waals surface area contributed by atoms with Crippen molar-refractivity contribution in [3.63, 3.8) is 0 Å². The van der Waals surface area contributed by atoms with Crippen LogP contribution in [0.5, 0.6) is 0 Å². The summed E-state index contributed by atoms with van der Waals surface area (Å²) in [5.41, 5.74) is 7.84. The lowest BCUT2D eigenvalue weighted by molar-refractivity contribution is 0.418. The molecule has 0 fully saturated rings. The van der Waals surface area contributed by atoms with Crippen LogP contribution in [0, 0.1) is 11.2 Å². The summed E-state index contributed by atoms with van der Waals surface area (Å²) < 4.78 is 13.2. The highest BCUT2D eigenvalue weighted by Crippen LogP contribution is 2.24. The molecule has 0 saturated heterocycles. The van der Waals surface area contributed by atoms with E-state index in [0.29, 0.717) is 13.0 Å². The number of hydrogen-bond acceptors (Lipinski definition) is 2. The molecule has 0 amide bonds. The fraction of sp³-hybridized carbons (Fsp3) is 0.571. The van der Waals surface area contributed by atoms with Gasteiger partial charge in [-0.25, -0.2) is 4.39 Å². The molecule has 0 aliphatic heterocycles. The third-order valence-electron chi connectivity index (χ3n) is 2.58. The van der Waals surface area contributed by atoms with Gasteiger partial charge in [-0.2, -0.15) is 0 Å². The number of nitrogens with zero attached hydrogens (tertiary/aromatic N) is 1. The zero-order valence-corrected chi connectivity index (χ0v) is 11.3. The van der Waals surface area contributed by atoms with Crippen LogP contribution < -0.4 is 10.6 Å². The number of halogens is 1. The first-order valence-corrected chi connectivity index (χ1v) is 6.03. The summed E-state index contributed by atoms with van der Waals surface area (Å²) in [5.74, 6) is -0.193. The molecule has 0 saturated carbocycles. The van der Waals surface area contributed by atoms with Gasteiger partial charge >= 0.3 is 0 Å². The number of rotatable bonds is 4. The Hall–Kier alpha value is -1.09. The summed E-state index contributed by atoms with van der Waals surface area (Å²) >= 11 is 0. The SMILES string of the molecule is CN(CC(C)(C)C)c1ccc(F)cc1CCN. The average molecular weight is 238 g/mol. The number of benzene rings is 1. The van der Waals surface area contributed by atoms with E-state index >= 15 is 0 Å². The van der Waals surface area contributed by atoms with Crippen molar-refractivity contribution < 1.29 is 4.39 Å². The van der Waals surface area contributed by atoms with E-state index in [0.717, 1.165) is 17.8 Å². The van der Waals surface area contributed by atoms with Gasteiger partial charge in [0.1, 0.15) is 5.82 Å². The van der Waals surface area contributed by atoms with Crippen LogP contribution in [0.2, 0.25) is 0 Å². The number of anilines is 1. The lowest BCUT2D eigenvalue weighted by Crippen LogP contribution is -2.30. The van der Waals surface area contributed by atoms with Gasteiger partial charge in [0, 0.05) is 19.3 Å². The zero-order chi connectivity index (χ0) is 13.1. The maximum Gasteiger partial charge on any atom is 0.123 e. The minimum absolute atomic E-state index is 0.193. The first-order valence-electron chi connectivity index (χ1n) is 6.03. The molecule has 0 heterocycles. The summed E-state index contributed by atoms with van der Waals surface area (Å²) in [6.07, 6.45) is 0.710. The predicted octanol–water partition coefficient (Wildman–Crippen LogP) is 2.81. The minimum Gasteiger partial charge on any atom is -0.374 e. The Kier molecular flexibility index (Phi) is 4.52. The molecule has 1 aromatic rings. The maximum absolute atomic E-state index is 13.2. The quantitative estimate of drug-likeness (QED) is 0.874. The molecule has 3 heteroatoms. The Morgan fingerprint density at radius 1 is 1.29 bits per heavy atom. The smallest absolute Gasteiger partial charge is 0.123 e. The molecule has 0 bridgehead atoms. The van der Waals surface area contributed by atoms with E-state index in [2.05, 4.69) is 25.7 Å². The average Bonchev–Trinajstić information content (AvgIpc) is 2.15. The van der Waals surface area contributed by atoms with Gasteiger partial charge in [0.2, 0.25) is 0 Å². The Morgan fingerprint density at radius 3 is 2.47 bits per heavy atom. The molecule has 0 aliphatic rings. The topological polar surface area (TPSA) is 29.3 Å². The van der Waals surface area contributed by atoms with Crippen molar-refractivity contribution >= 4 is 5.69 Å². The molecule has 0 atom stereocenters. The molecule has 17 heavy (non-hydrogen) atoms. The van der Waals surface area contributed by atoms with Crippen molar-refractivity contribution in [2.24, 2.45) is 11.1 Å². The first kappa shape index (κ1) is 14.0. The minimum atomic E-state index is -0.193. The summed E-state index contributed by atoms with van der Waals surface area (Å²) in [7, 11) is 2.04. The van der Waals surface area contributed by atoms with Crippen LogP contribution in [-0.2, 0) is 6.42 Å². The third-order valence-corrected chi connectivity index (χ3v) is 2.58. The largest absolute Gasteiger partial charge is 0.374 e. The monoisotopic (exact) mass is 238 g/mol. The highest BCUT2D eigenvalue weighted by Gasteiger charge is 2.16. The van der Waals surface area contributed by atoms with Crippen molar-refractivity contribution in [3.05, 3.63) is 29.6 Å². The Balaban J connectivity index is 2.95. The number of nitrogens with two attached hydrogens (primary N) is 1. The molecule has 0 aromatic heterocycles. The second-order valence-corrected chi connectivity index (χ2v) is 5.73. The van der Waals surface area contributed by atoms with E-state index < -0.39 is 0 Å². The van der Waals surface area contributed by atoms with Crippen molar-refractivity contribution in [1.29, 1.82) is 0 Å². The van der Waals surface area contributed by atoms with Crippen LogP contribution in [0.15, 0.2) is 18.2 Å². The standard InChI is InChI=1S/C14H23FN2/c1-14(2,3)10-17(4)13-6-5-12(15)9-11(13)7-8-16/h5-6,9H,7-8,10,16H2,1-4H3. The second kappa shape index (κ2) is 5.50. The zero-order valence-electron chi connectivity index (χ0n) is 11.3. The van der Waals surface area contributed by atoms with Crippen LogP contribution in [0.25, 0.3) is 0 Å². The van der Waals surface area contributed by atoms with Crippen molar-refractivity contribution in [2.45, 2.75) is 27.2 Å². The lowest BCUT2D eigenvalue weighted by Gasteiger charge is -2.29. The van der Waals surface area contributed by atoms with Gasteiger partial charge in [0.05, 0.1) is 0 Å². The van der Waals surface area contributed by atoms with Crippen molar-refractivity contribution in [2.75, 3.05) is 25.0 Å². The normalized spacial score (nSPS) is 11.6. The summed E-state index contributed by atoms with van der Waals surface area (Å²) in [6.45, 7) is 8.04. The Morgan fingerprint density at radius 2 is 1.94 bits per heavy atom. The number of hydrogen-bond donors (Lipinski definition) is 1. The Bertz CT molecular complexity index is 369. The van der Waals surface area contributed by atoms with Gasteiger partial charge in [0.15, 0.2) is 0 Å². The van der Waals surface area contributed by atoms with Gasteiger partial charge in [-0.05, 0) is 42.1 Å². The molecule has 0 unspecified atom stereocenters. The van der Waals surface area contributed by atoms with E-state index in [1.54, 1.807) is 6.07 Å². The van der Waals surface area contributed by atoms with Gasteiger partial charge in [-0.15, -0.1) is 0 Å². The Labute approximate surface area is 104 Å². The van der Waals surface area contributed by atoms with E-state index in [4.69, 9.17) is 5.73 Å². The van der Waals surface area contributed by atoms with Crippen molar-refractivity contribution in [1.82, 2.24) is 0 Å². The molecule has 0 spiro atoms. The molecule has 2 nitrogen and oxygen atoms in total. The van der Waals surface area contributed by atoms with Crippen LogP contribution in [-0.4, -0.2) is 20.1 Å². The van der Waals surface area contributed by atoms with Crippen LogP contribution >= 0.6 is 0 Å². The molecular formula is C14H23FN2. The predicted molar refractivity (Wildman–Crippen MR) is 71.9 cm³/mol. The third kappa shape index (κ3) is 4.35. The van der Waals surface area contributed by atoms with E-state index in [1.165, 1.54) is 6.07 Å². The van der Waals surface area contributed by atoms with Gasteiger partial charge in [-0.1, -0.05) is 20.8 Å². The van der Waals surface area contributed by atoms with E-state index in [9.17, 15) is 4.39 Å². The molecule has 0 radical (unpaired) electrons. The fourth-order valence-corrected chi connectivity index (χ4v) is 2.08. The summed E-state index contributed by atoms with van der Waals surface area (Å²) in [6, 6.07) is 4.93. The van der Waals surface area contributed by atoms with Crippen LogP contribution in [0.4, 0.5) is 10.1 Å². The fourth-order valence-electron chi connectivity index (χ4n) is 2.08.